The van der Waals surface area contributed by atoms with Gasteiger partial charge in [-0.15, -0.1) is 11.3 Å². The van der Waals surface area contributed by atoms with Crippen molar-refractivity contribution in [3.8, 4) is 0 Å². The Kier molecular flexibility index (Phi) is 5.32. The molecule has 0 fully saturated rings. The molecule has 0 aliphatic rings. The fourth-order valence-electron chi connectivity index (χ4n) is 1.95. The van der Waals surface area contributed by atoms with Gasteiger partial charge in [0.15, 0.2) is 0 Å². The molecule has 2 aromatic rings. The zero-order valence-electron chi connectivity index (χ0n) is 11.8. The molecule has 1 aromatic carbocycles. The van der Waals surface area contributed by atoms with Gasteiger partial charge in [0.2, 0.25) is 5.91 Å². The van der Waals surface area contributed by atoms with Crippen molar-refractivity contribution in [2.24, 2.45) is 0 Å². The van der Waals surface area contributed by atoms with E-state index < -0.39 is 0 Å². The highest BCUT2D eigenvalue weighted by Crippen LogP contribution is 2.17. The molecule has 4 heteroatoms. The zero-order valence-corrected chi connectivity index (χ0v) is 12.7. The number of benzene rings is 1. The first-order valence-electron chi connectivity index (χ1n) is 6.85. The van der Waals surface area contributed by atoms with Gasteiger partial charge >= 0.3 is 0 Å². The highest BCUT2D eigenvalue weighted by molar-refractivity contribution is 7.10. The van der Waals surface area contributed by atoms with Crippen LogP contribution in [0.5, 0.6) is 0 Å². The van der Waals surface area contributed by atoms with Crippen LogP contribution in [-0.2, 0) is 17.8 Å². The Morgan fingerprint density at radius 2 is 2.00 bits per heavy atom. The maximum atomic E-state index is 12.1. The molecular weight excluding hydrogens is 268 g/mol. The Bertz CT molecular complexity index is 551. The van der Waals surface area contributed by atoms with E-state index in [2.05, 4.69) is 29.0 Å². The predicted molar refractivity (Wildman–Crippen MR) is 85.1 cm³/mol. The fourth-order valence-corrected chi connectivity index (χ4v) is 2.87. The highest BCUT2D eigenvalue weighted by atomic mass is 32.1. The molecule has 1 atom stereocenters. The fraction of sp³-hybridized carbons (Fsp3) is 0.312. The summed E-state index contributed by atoms with van der Waals surface area (Å²) in [6.45, 7) is 4.78. The van der Waals surface area contributed by atoms with Gasteiger partial charge in [0.1, 0.15) is 0 Å². The van der Waals surface area contributed by atoms with Gasteiger partial charge in [-0.2, -0.15) is 0 Å². The summed E-state index contributed by atoms with van der Waals surface area (Å²) in [5.74, 6) is -0.00851. The number of rotatable bonds is 6. The van der Waals surface area contributed by atoms with Crippen LogP contribution in [0, 0.1) is 0 Å². The first kappa shape index (κ1) is 14.8. The third-order valence-corrected chi connectivity index (χ3v) is 4.19. The van der Waals surface area contributed by atoms with Crippen LogP contribution in [0.1, 0.15) is 24.3 Å². The first-order chi connectivity index (χ1) is 9.70. The van der Waals surface area contributed by atoms with E-state index in [-0.39, 0.29) is 11.9 Å². The van der Waals surface area contributed by atoms with Gasteiger partial charge in [-0.3, -0.25) is 4.79 Å². The van der Waals surface area contributed by atoms with E-state index in [1.165, 1.54) is 10.4 Å². The van der Waals surface area contributed by atoms with Crippen LogP contribution < -0.4 is 10.6 Å². The molecule has 0 spiro atoms. The molecule has 106 valence electrons. The average molecular weight is 288 g/mol. The average Bonchev–Trinajstić information content (AvgIpc) is 2.93. The molecule has 1 amide bonds. The Morgan fingerprint density at radius 1 is 1.25 bits per heavy atom. The molecule has 0 bridgehead atoms. The molecule has 0 saturated carbocycles. The van der Waals surface area contributed by atoms with Gasteiger partial charge in [-0.25, -0.2) is 0 Å². The minimum atomic E-state index is -0.220. The summed E-state index contributed by atoms with van der Waals surface area (Å²) >= 11 is 1.74. The van der Waals surface area contributed by atoms with E-state index in [0.717, 1.165) is 18.7 Å². The van der Waals surface area contributed by atoms with Crippen LogP contribution in [-0.4, -0.2) is 11.9 Å². The van der Waals surface area contributed by atoms with E-state index in [4.69, 9.17) is 0 Å². The second-order valence-electron chi connectivity index (χ2n) is 4.68. The number of aryl methyl sites for hydroxylation is 1. The van der Waals surface area contributed by atoms with E-state index in [1.807, 2.05) is 37.3 Å². The van der Waals surface area contributed by atoms with Gasteiger partial charge in [0, 0.05) is 17.1 Å². The van der Waals surface area contributed by atoms with Crippen molar-refractivity contribution in [2.45, 2.75) is 32.9 Å². The SMILES string of the molecule is CCc1ccsc1CNC(C)C(=O)Nc1ccccc1. The lowest BCUT2D eigenvalue weighted by atomic mass is 10.2. The number of carbonyl (C=O) groups excluding carboxylic acids is 1. The van der Waals surface area contributed by atoms with Crippen molar-refractivity contribution in [1.29, 1.82) is 0 Å². The van der Waals surface area contributed by atoms with Gasteiger partial charge < -0.3 is 10.6 Å². The van der Waals surface area contributed by atoms with Crippen molar-refractivity contribution in [3.63, 3.8) is 0 Å². The third-order valence-electron chi connectivity index (χ3n) is 3.22. The number of hydrogen-bond donors (Lipinski definition) is 2. The summed E-state index contributed by atoms with van der Waals surface area (Å²) in [4.78, 5) is 13.4. The molecule has 0 radical (unpaired) electrons. The number of nitrogens with one attached hydrogen (secondary N) is 2. The Labute approximate surface area is 124 Å². The summed E-state index contributed by atoms with van der Waals surface area (Å²) in [7, 11) is 0. The topological polar surface area (TPSA) is 41.1 Å². The number of carbonyl (C=O) groups is 1. The molecule has 0 aliphatic heterocycles. The van der Waals surface area contributed by atoms with Crippen LogP contribution >= 0.6 is 11.3 Å². The summed E-state index contributed by atoms with van der Waals surface area (Å²) in [6.07, 6.45) is 1.03. The van der Waals surface area contributed by atoms with Crippen molar-refractivity contribution < 1.29 is 4.79 Å². The monoisotopic (exact) mass is 288 g/mol. The largest absolute Gasteiger partial charge is 0.325 e. The molecule has 0 saturated heterocycles. The van der Waals surface area contributed by atoms with Crippen LogP contribution in [0.2, 0.25) is 0 Å². The standard InChI is InChI=1S/C16H20N2OS/c1-3-13-9-10-20-15(13)11-17-12(2)16(19)18-14-7-5-4-6-8-14/h4-10,12,17H,3,11H2,1-2H3,(H,18,19). The smallest absolute Gasteiger partial charge is 0.241 e. The number of hydrogen-bond acceptors (Lipinski definition) is 3. The lowest BCUT2D eigenvalue weighted by Gasteiger charge is -2.14. The summed E-state index contributed by atoms with van der Waals surface area (Å²) in [6, 6.07) is 11.5. The molecule has 3 nitrogen and oxygen atoms in total. The second-order valence-corrected chi connectivity index (χ2v) is 5.68. The van der Waals surface area contributed by atoms with Gasteiger partial charge in [0.25, 0.3) is 0 Å². The molecule has 2 rings (SSSR count). The lowest BCUT2D eigenvalue weighted by molar-refractivity contribution is -0.117. The Hall–Kier alpha value is -1.65. The normalized spacial score (nSPS) is 12.1. The summed E-state index contributed by atoms with van der Waals surface area (Å²) in [5.41, 5.74) is 2.19. The van der Waals surface area contributed by atoms with E-state index in [1.54, 1.807) is 11.3 Å². The Balaban J connectivity index is 1.85. The van der Waals surface area contributed by atoms with Crippen LogP contribution in [0.3, 0.4) is 0 Å². The van der Waals surface area contributed by atoms with Gasteiger partial charge in [-0.1, -0.05) is 25.1 Å². The first-order valence-corrected chi connectivity index (χ1v) is 7.73. The van der Waals surface area contributed by atoms with Crippen molar-refractivity contribution in [3.05, 3.63) is 52.2 Å². The van der Waals surface area contributed by atoms with Crippen molar-refractivity contribution in [2.75, 3.05) is 5.32 Å². The second kappa shape index (κ2) is 7.22. The third kappa shape index (κ3) is 3.92. The van der Waals surface area contributed by atoms with Crippen LogP contribution in [0.25, 0.3) is 0 Å². The molecule has 1 unspecified atom stereocenters. The molecule has 1 heterocycles. The highest BCUT2D eigenvalue weighted by Gasteiger charge is 2.13. The molecular formula is C16H20N2OS. The van der Waals surface area contributed by atoms with Crippen LogP contribution in [0.15, 0.2) is 41.8 Å². The minimum Gasteiger partial charge on any atom is -0.325 e. The number of para-hydroxylation sites is 1. The van der Waals surface area contributed by atoms with Gasteiger partial charge in [0.05, 0.1) is 6.04 Å². The van der Waals surface area contributed by atoms with Gasteiger partial charge in [-0.05, 0) is 42.5 Å². The number of thiophene rings is 1. The Morgan fingerprint density at radius 3 is 2.70 bits per heavy atom. The van der Waals surface area contributed by atoms with E-state index in [9.17, 15) is 4.79 Å². The maximum absolute atomic E-state index is 12.1. The maximum Gasteiger partial charge on any atom is 0.241 e. The minimum absolute atomic E-state index is 0.00851. The molecule has 0 aliphatic carbocycles. The van der Waals surface area contributed by atoms with Crippen LogP contribution in [0.4, 0.5) is 5.69 Å². The predicted octanol–water partition coefficient (Wildman–Crippen LogP) is 3.43. The summed E-state index contributed by atoms with van der Waals surface area (Å²) < 4.78 is 0. The summed E-state index contributed by atoms with van der Waals surface area (Å²) in [5, 5.41) is 8.28. The lowest BCUT2D eigenvalue weighted by Crippen LogP contribution is -2.37. The zero-order chi connectivity index (χ0) is 14.4. The number of amides is 1. The van der Waals surface area contributed by atoms with E-state index >= 15 is 0 Å². The van der Waals surface area contributed by atoms with Crippen molar-refractivity contribution >= 4 is 22.9 Å². The van der Waals surface area contributed by atoms with Crippen molar-refractivity contribution in [1.82, 2.24) is 5.32 Å². The molecule has 20 heavy (non-hydrogen) atoms. The quantitative estimate of drug-likeness (QED) is 0.855. The molecule has 2 N–H and O–H groups in total. The molecule has 1 aromatic heterocycles. The van der Waals surface area contributed by atoms with E-state index in [0.29, 0.717) is 0 Å². The number of anilines is 1.